The normalized spacial score (nSPS) is 21.3. The number of hydrogen-bond acceptors (Lipinski definition) is 3. The second kappa shape index (κ2) is 3.46. The van der Waals surface area contributed by atoms with Gasteiger partial charge in [-0.05, 0) is 13.8 Å². The fourth-order valence-corrected chi connectivity index (χ4v) is 1.41. The minimum Gasteiger partial charge on any atom is -0.372 e. The largest absolute Gasteiger partial charge is 0.372 e. The number of Topliss-reactive ketones (excluding diaryl/α,β-unsaturated/α-hetero) is 1. The Balaban J connectivity index is 2.62. The van der Waals surface area contributed by atoms with Crippen LogP contribution < -0.4 is 0 Å². The van der Waals surface area contributed by atoms with E-state index in [4.69, 9.17) is 4.74 Å². The van der Waals surface area contributed by atoms with E-state index in [0.29, 0.717) is 19.7 Å². The summed E-state index contributed by atoms with van der Waals surface area (Å²) < 4.78 is 5.42. The summed E-state index contributed by atoms with van der Waals surface area (Å²) >= 11 is 0. The Hall–Kier alpha value is -0.900. The van der Waals surface area contributed by atoms with Crippen molar-refractivity contribution >= 4 is 11.7 Å². The van der Waals surface area contributed by atoms with Gasteiger partial charge in [-0.25, -0.2) is 0 Å². The average molecular weight is 185 g/mol. The topological polar surface area (TPSA) is 46.6 Å². The first-order valence-corrected chi connectivity index (χ1v) is 4.36. The van der Waals surface area contributed by atoms with Crippen molar-refractivity contribution in [3.05, 3.63) is 0 Å². The highest BCUT2D eigenvalue weighted by atomic mass is 16.5. The Morgan fingerprint density at radius 2 is 2.00 bits per heavy atom. The quantitative estimate of drug-likeness (QED) is 0.549. The molecule has 0 radical (unpaired) electrons. The Labute approximate surface area is 77.8 Å². The van der Waals surface area contributed by atoms with Crippen molar-refractivity contribution in [3.63, 3.8) is 0 Å². The number of carbonyl (C=O) groups excluding carboxylic acids is 2. The number of amides is 1. The van der Waals surface area contributed by atoms with Gasteiger partial charge in [-0.1, -0.05) is 0 Å². The molecule has 0 N–H and O–H groups in total. The predicted molar refractivity (Wildman–Crippen MR) is 47.3 cm³/mol. The SMILES string of the molecule is CC(=O)C(=O)N1CCOC(C)(C)C1. The smallest absolute Gasteiger partial charge is 0.289 e. The molecule has 0 aromatic carbocycles. The third-order valence-corrected chi connectivity index (χ3v) is 2.01. The third kappa shape index (κ3) is 2.52. The van der Waals surface area contributed by atoms with E-state index in [2.05, 4.69) is 0 Å². The molecule has 1 aliphatic heterocycles. The van der Waals surface area contributed by atoms with Crippen LogP contribution in [-0.2, 0) is 14.3 Å². The van der Waals surface area contributed by atoms with E-state index < -0.39 is 11.7 Å². The van der Waals surface area contributed by atoms with Gasteiger partial charge in [0.05, 0.1) is 12.2 Å². The van der Waals surface area contributed by atoms with Crippen LogP contribution in [0.1, 0.15) is 20.8 Å². The maximum absolute atomic E-state index is 11.3. The number of nitrogens with zero attached hydrogens (tertiary/aromatic N) is 1. The van der Waals surface area contributed by atoms with E-state index in [9.17, 15) is 9.59 Å². The monoisotopic (exact) mass is 185 g/mol. The maximum Gasteiger partial charge on any atom is 0.289 e. The van der Waals surface area contributed by atoms with Gasteiger partial charge in [0.15, 0.2) is 0 Å². The molecule has 1 saturated heterocycles. The van der Waals surface area contributed by atoms with Crippen LogP contribution in [0.25, 0.3) is 0 Å². The van der Waals surface area contributed by atoms with Crippen LogP contribution in [0.4, 0.5) is 0 Å². The predicted octanol–water partition coefficient (Wildman–Crippen LogP) is 0.213. The first-order chi connectivity index (χ1) is 5.92. The number of morpholine rings is 1. The number of hydrogen-bond donors (Lipinski definition) is 0. The molecule has 0 spiro atoms. The highest BCUT2D eigenvalue weighted by Gasteiger charge is 2.31. The van der Waals surface area contributed by atoms with E-state index in [1.165, 1.54) is 6.92 Å². The summed E-state index contributed by atoms with van der Waals surface area (Å²) in [5.41, 5.74) is -0.330. The minimum absolute atomic E-state index is 0.330. The van der Waals surface area contributed by atoms with Crippen molar-refractivity contribution in [3.8, 4) is 0 Å². The van der Waals surface area contributed by atoms with Crippen molar-refractivity contribution in [2.75, 3.05) is 19.7 Å². The first kappa shape index (κ1) is 10.2. The molecule has 4 heteroatoms. The third-order valence-electron chi connectivity index (χ3n) is 2.01. The van der Waals surface area contributed by atoms with Gasteiger partial charge in [-0.15, -0.1) is 0 Å². The van der Waals surface area contributed by atoms with Gasteiger partial charge >= 0.3 is 0 Å². The van der Waals surface area contributed by atoms with Crippen LogP contribution >= 0.6 is 0 Å². The number of ether oxygens (including phenoxy) is 1. The maximum atomic E-state index is 11.3. The van der Waals surface area contributed by atoms with Crippen LogP contribution in [-0.4, -0.2) is 41.9 Å². The summed E-state index contributed by atoms with van der Waals surface area (Å²) in [6.07, 6.45) is 0. The molecule has 1 heterocycles. The van der Waals surface area contributed by atoms with E-state index in [-0.39, 0.29) is 5.60 Å². The van der Waals surface area contributed by atoms with E-state index in [0.717, 1.165) is 0 Å². The number of rotatable bonds is 1. The van der Waals surface area contributed by atoms with Gasteiger partial charge in [0.2, 0.25) is 5.78 Å². The summed E-state index contributed by atoms with van der Waals surface area (Å²) in [6.45, 7) is 6.63. The second-order valence-corrected chi connectivity index (χ2v) is 3.89. The zero-order chi connectivity index (χ0) is 10.1. The first-order valence-electron chi connectivity index (χ1n) is 4.36. The van der Waals surface area contributed by atoms with Crippen LogP contribution in [0.2, 0.25) is 0 Å². The molecule has 1 fully saturated rings. The molecule has 0 aliphatic carbocycles. The Morgan fingerprint density at radius 1 is 1.38 bits per heavy atom. The Morgan fingerprint density at radius 3 is 2.46 bits per heavy atom. The van der Waals surface area contributed by atoms with Crippen molar-refractivity contribution < 1.29 is 14.3 Å². The summed E-state index contributed by atoms with van der Waals surface area (Å²) in [5, 5.41) is 0. The lowest BCUT2D eigenvalue weighted by Crippen LogP contribution is -2.52. The van der Waals surface area contributed by atoms with Gasteiger partial charge in [-0.3, -0.25) is 9.59 Å². The lowest BCUT2D eigenvalue weighted by Gasteiger charge is -2.37. The molecular formula is C9H15NO3. The Kier molecular flexibility index (Phi) is 2.71. The summed E-state index contributed by atoms with van der Waals surface area (Å²) in [6, 6.07) is 0. The standard InChI is InChI=1S/C9H15NO3/c1-7(11)8(12)10-4-5-13-9(2,3)6-10/h4-6H2,1-3H3. The van der Waals surface area contributed by atoms with E-state index in [1.807, 2.05) is 13.8 Å². The second-order valence-electron chi connectivity index (χ2n) is 3.89. The average Bonchev–Trinajstić information content (AvgIpc) is 2.01. The van der Waals surface area contributed by atoms with E-state index in [1.54, 1.807) is 4.90 Å². The fraction of sp³-hybridized carbons (Fsp3) is 0.778. The molecule has 0 bridgehead atoms. The molecule has 0 saturated carbocycles. The zero-order valence-corrected chi connectivity index (χ0v) is 8.29. The van der Waals surface area contributed by atoms with Gasteiger partial charge in [0, 0.05) is 20.0 Å². The summed E-state index contributed by atoms with van der Waals surface area (Å²) in [5.74, 6) is -0.811. The number of carbonyl (C=O) groups is 2. The molecule has 74 valence electrons. The zero-order valence-electron chi connectivity index (χ0n) is 8.29. The Bertz CT molecular complexity index is 235. The van der Waals surface area contributed by atoms with Crippen LogP contribution in [0, 0.1) is 0 Å². The molecule has 1 aliphatic rings. The molecule has 0 atom stereocenters. The van der Waals surface area contributed by atoms with Crippen molar-refractivity contribution in [2.45, 2.75) is 26.4 Å². The molecule has 4 nitrogen and oxygen atoms in total. The van der Waals surface area contributed by atoms with Gasteiger partial charge < -0.3 is 9.64 Å². The minimum atomic E-state index is -0.406. The van der Waals surface area contributed by atoms with E-state index >= 15 is 0 Å². The van der Waals surface area contributed by atoms with Crippen LogP contribution in [0.3, 0.4) is 0 Å². The molecule has 1 amide bonds. The molecule has 0 aromatic heterocycles. The molecule has 1 rings (SSSR count). The molecule has 0 unspecified atom stereocenters. The lowest BCUT2D eigenvalue weighted by molar-refractivity contribution is -0.153. The van der Waals surface area contributed by atoms with Crippen LogP contribution in [0.5, 0.6) is 0 Å². The highest BCUT2D eigenvalue weighted by molar-refractivity contribution is 6.35. The summed E-state index contributed by atoms with van der Waals surface area (Å²) in [4.78, 5) is 23.7. The fourth-order valence-electron chi connectivity index (χ4n) is 1.41. The lowest BCUT2D eigenvalue weighted by atomic mass is 10.1. The number of ketones is 1. The van der Waals surface area contributed by atoms with Gasteiger partial charge in [0.1, 0.15) is 0 Å². The van der Waals surface area contributed by atoms with Crippen molar-refractivity contribution in [1.29, 1.82) is 0 Å². The molecule has 0 aromatic rings. The summed E-state index contributed by atoms with van der Waals surface area (Å²) in [7, 11) is 0. The molecule has 13 heavy (non-hydrogen) atoms. The van der Waals surface area contributed by atoms with Crippen LogP contribution in [0.15, 0.2) is 0 Å². The van der Waals surface area contributed by atoms with Crippen molar-refractivity contribution in [1.82, 2.24) is 4.90 Å². The highest BCUT2D eigenvalue weighted by Crippen LogP contribution is 2.16. The molecular weight excluding hydrogens is 170 g/mol. The van der Waals surface area contributed by atoms with Gasteiger partial charge in [0.25, 0.3) is 5.91 Å². The van der Waals surface area contributed by atoms with Crippen molar-refractivity contribution in [2.24, 2.45) is 0 Å². The van der Waals surface area contributed by atoms with Gasteiger partial charge in [-0.2, -0.15) is 0 Å².